The van der Waals surface area contributed by atoms with E-state index in [9.17, 15) is 4.39 Å². The van der Waals surface area contributed by atoms with Gasteiger partial charge in [-0.25, -0.2) is 0 Å². The van der Waals surface area contributed by atoms with Gasteiger partial charge in [0.25, 0.3) is 0 Å². The monoisotopic (exact) mass is 140 g/mol. The summed E-state index contributed by atoms with van der Waals surface area (Å²) >= 11 is 0. The lowest BCUT2D eigenvalue weighted by atomic mass is 9.66. The zero-order valence-corrected chi connectivity index (χ0v) is 6.15. The highest BCUT2D eigenvalue weighted by atomic mass is 19.1. The smallest absolute Gasteiger partial charge is 0.0985 e. The molecule has 0 heterocycles. The van der Waals surface area contributed by atoms with Crippen LogP contribution in [0, 0.1) is 11.3 Å². The Morgan fingerprint density at radius 3 is 2.40 bits per heavy atom. The molecule has 0 aliphatic heterocycles. The predicted octanol–water partition coefficient (Wildman–Crippen LogP) is 2.70. The molecule has 3 rings (SSSR count). The minimum absolute atomic E-state index is 0.0191. The Morgan fingerprint density at radius 1 is 1.40 bits per heavy atom. The number of alkyl halides is 1. The second-order valence-electron chi connectivity index (χ2n) is 3.69. The number of halogens is 1. The SMILES string of the molecule is FCC12C=CC(CC1)CC2. The first-order chi connectivity index (χ1) is 4.85. The number of hydrogen-bond donors (Lipinski definition) is 0. The Hall–Kier alpha value is -0.330. The maximum absolute atomic E-state index is 12.5. The van der Waals surface area contributed by atoms with Gasteiger partial charge in [-0.05, 0) is 31.6 Å². The van der Waals surface area contributed by atoms with Crippen molar-refractivity contribution in [2.24, 2.45) is 11.3 Å². The van der Waals surface area contributed by atoms with Crippen LogP contribution in [0.15, 0.2) is 12.2 Å². The Labute approximate surface area is 61.1 Å². The van der Waals surface area contributed by atoms with Crippen LogP contribution in [0.4, 0.5) is 4.39 Å². The van der Waals surface area contributed by atoms with Crippen LogP contribution in [0.3, 0.4) is 0 Å². The summed E-state index contributed by atoms with van der Waals surface area (Å²) < 4.78 is 12.5. The first-order valence-electron chi connectivity index (χ1n) is 4.10. The molecule has 0 unspecified atom stereocenters. The van der Waals surface area contributed by atoms with Crippen LogP contribution in [0.5, 0.6) is 0 Å². The van der Waals surface area contributed by atoms with Crippen molar-refractivity contribution in [3.8, 4) is 0 Å². The van der Waals surface area contributed by atoms with Gasteiger partial charge < -0.3 is 0 Å². The minimum Gasteiger partial charge on any atom is -0.250 e. The first-order valence-corrected chi connectivity index (χ1v) is 4.10. The van der Waals surface area contributed by atoms with E-state index in [4.69, 9.17) is 0 Å². The second-order valence-corrected chi connectivity index (χ2v) is 3.69. The number of hydrogen-bond acceptors (Lipinski definition) is 0. The van der Waals surface area contributed by atoms with Crippen LogP contribution < -0.4 is 0 Å². The number of rotatable bonds is 1. The third-order valence-corrected chi connectivity index (χ3v) is 3.01. The van der Waals surface area contributed by atoms with E-state index in [1.54, 1.807) is 0 Å². The summed E-state index contributed by atoms with van der Waals surface area (Å²) in [6.07, 6.45) is 8.95. The van der Waals surface area contributed by atoms with Gasteiger partial charge in [0.15, 0.2) is 0 Å². The average Bonchev–Trinajstić information content (AvgIpc) is 2.08. The van der Waals surface area contributed by atoms with E-state index in [1.807, 2.05) is 0 Å². The highest BCUT2D eigenvalue weighted by Crippen LogP contribution is 2.45. The molecule has 0 atom stereocenters. The number of fused-ring (bicyclic) bond motifs is 2. The van der Waals surface area contributed by atoms with E-state index in [1.165, 1.54) is 12.8 Å². The summed E-state index contributed by atoms with van der Waals surface area (Å²) in [6, 6.07) is 0. The fourth-order valence-corrected chi connectivity index (χ4v) is 2.09. The Bertz CT molecular complexity index is 152. The molecule has 0 saturated heterocycles. The molecule has 3 aliphatic carbocycles. The standard InChI is InChI=1S/C9H13F/c10-7-9-4-1-8(2-5-9)3-6-9/h1,4,8H,2-3,5-7H2. The van der Waals surface area contributed by atoms with Gasteiger partial charge in [-0.15, -0.1) is 0 Å². The Morgan fingerprint density at radius 2 is 2.10 bits per heavy atom. The van der Waals surface area contributed by atoms with Gasteiger partial charge in [-0.1, -0.05) is 12.2 Å². The van der Waals surface area contributed by atoms with E-state index >= 15 is 0 Å². The van der Waals surface area contributed by atoms with Gasteiger partial charge in [-0.3, -0.25) is 4.39 Å². The lowest BCUT2D eigenvalue weighted by Crippen LogP contribution is -2.31. The van der Waals surface area contributed by atoms with Crippen LogP contribution in [0.1, 0.15) is 25.7 Å². The van der Waals surface area contributed by atoms with Gasteiger partial charge in [0.05, 0.1) is 6.67 Å². The maximum atomic E-state index is 12.5. The summed E-state index contributed by atoms with van der Waals surface area (Å²) in [5.41, 5.74) is -0.0191. The molecule has 0 spiro atoms. The van der Waals surface area contributed by atoms with Crippen LogP contribution >= 0.6 is 0 Å². The van der Waals surface area contributed by atoms with Crippen molar-refractivity contribution in [2.45, 2.75) is 25.7 Å². The summed E-state index contributed by atoms with van der Waals surface area (Å²) in [6.45, 7) is -0.143. The summed E-state index contributed by atoms with van der Waals surface area (Å²) in [4.78, 5) is 0. The van der Waals surface area contributed by atoms with Gasteiger partial charge >= 0.3 is 0 Å². The van der Waals surface area contributed by atoms with Gasteiger partial charge in [0.2, 0.25) is 0 Å². The first kappa shape index (κ1) is 6.38. The summed E-state index contributed by atoms with van der Waals surface area (Å²) in [5.74, 6) is 0.786. The highest BCUT2D eigenvalue weighted by Gasteiger charge is 2.36. The molecule has 1 heteroatoms. The topological polar surface area (TPSA) is 0 Å². The molecule has 10 heavy (non-hydrogen) atoms. The average molecular weight is 140 g/mol. The van der Waals surface area contributed by atoms with E-state index in [0.717, 1.165) is 18.8 Å². The zero-order chi connectivity index (χ0) is 7.03. The summed E-state index contributed by atoms with van der Waals surface area (Å²) in [7, 11) is 0. The molecule has 0 N–H and O–H groups in total. The molecule has 0 aromatic carbocycles. The van der Waals surface area contributed by atoms with Crippen molar-refractivity contribution < 1.29 is 4.39 Å². The Balaban J connectivity index is 2.22. The van der Waals surface area contributed by atoms with E-state index < -0.39 is 0 Å². The van der Waals surface area contributed by atoms with Gasteiger partial charge in [-0.2, -0.15) is 0 Å². The second kappa shape index (κ2) is 2.08. The fraction of sp³-hybridized carbons (Fsp3) is 0.778. The third-order valence-electron chi connectivity index (χ3n) is 3.01. The Kier molecular flexibility index (Phi) is 1.33. The molecule has 1 saturated carbocycles. The zero-order valence-electron chi connectivity index (χ0n) is 6.15. The van der Waals surface area contributed by atoms with E-state index in [0.29, 0.717) is 0 Å². The molecule has 0 nitrogen and oxygen atoms in total. The molecule has 0 amide bonds. The normalized spacial score (nSPS) is 44.3. The van der Waals surface area contributed by atoms with Crippen LogP contribution in [-0.4, -0.2) is 6.67 Å². The molecule has 0 radical (unpaired) electrons. The number of allylic oxidation sites excluding steroid dienone is 2. The largest absolute Gasteiger partial charge is 0.250 e. The van der Waals surface area contributed by atoms with E-state index in [-0.39, 0.29) is 12.1 Å². The van der Waals surface area contributed by atoms with Crippen LogP contribution in [0.2, 0.25) is 0 Å². The molecule has 3 aliphatic rings. The van der Waals surface area contributed by atoms with Crippen molar-refractivity contribution in [2.75, 3.05) is 6.67 Å². The molecule has 0 aromatic heterocycles. The molecular weight excluding hydrogens is 127 g/mol. The van der Waals surface area contributed by atoms with Crippen molar-refractivity contribution in [3.63, 3.8) is 0 Å². The van der Waals surface area contributed by atoms with E-state index in [2.05, 4.69) is 12.2 Å². The van der Waals surface area contributed by atoms with Crippen molar-refractivity contribution in [1.29, 1.82) is 0 Å². The lowest BCUT2D eigenvalue weighted by molar-refractivity contribution is 0.156. The molecule has 1 fully saturated rings. The van der Waals surface area contributed by atoms with Gasteiger partial charge in [0.1, 0.15) is 0 Å². The molecule has 56 valence electrons. The molecular formula is C9H13F. The fourth-order valence-electron chi connectivity index (χ4n) is 2.09. The quantitative estimate of drug-likeness (QED) is 0.491. The van der Waals surface area contributed by atoms with Crippen molar-refractivity contribution >= 4 is 0 Å². The van der Waals surface area contributed by atoms with Gasteiger partial charge in [0, 0.05) is 5.41 Å². The maximum Gasteiger partial charge on any atom is 0.0985 e. The summed E-state index contributed by atoms with van der Waals surface area (Å²) in [5, 5.41) is 0. The van der Waals surface area contributed by atoms with Crippen molar-refractivity contribution in [1.82, 2.24) is 0 Å². The third kappa shape index (κ3) is 0.799. The van der Waals surface area contributed by atoms with Crippen molar-refractivity contribution in [3.05, 3.63) is 12.2 Å². The highest BCUT2D eigenvalue weighted by molar-refractivity contribution is 5.11. The lowest BCUT2D eigenvalue weighted by Gasteiger charge is -2.39. The van der Waals surface area contributed by atoms with Crippen LogP contribution in [-0.2, 0) is 0 Å². The molecule has 2 bridgehead atoms. The minimum atomic E-state index is -0.143. The predicted molar refractivity (Wildman–Crippen MR) is 39.5 cm³/mol. The molecule has 0 aromatic rings. The van der Waals surface area contributed by atoms with Crippen LogP contribution in [0.25, 0.3) is 0 Å².